The van der Waals surface area contributed by atoms with E-state index in [1.54, 1.807) is 0 Å². The number of carboxylic acids is 2. The van der Waals surface area contributed by atoms with E-state index in [9.17, 15) is 23.2 Å². The number of halogens is 2. The molecule has 0 bridgehead atoms. The standard InChI is InChI=1S/C15H8F2O5/c16-11-3-1-7(5-9(11)14(19)20)13(18)8-2-4-12(17)10(6-8)15(21)22/h1-6H,(H,19,20)(H,21,22). The second kappa shape index (κ2) is 5.72. The molecule has 0 unspecified atom stereocenters. The Bertz CT molecular complexity index is 733. The Kier molecular flexibility index (Phi) is 3.98. The normalized spacial score (nSPS) is 10.3. The third-order valence-corrected chi connectivity index (χ3v) is 2.92. The summed E-state index contributed by atoms with van der Waals surface area (Å²) in [4.78, 5) is 33.9. The van der Waals surface area contributed by atoms with Gasteiger partial charge in [-0.2, -0.15) is 0 Å². The zero-order valence-corrected chi connectivity index (χ0v) is 10.8. The van der Waals surface area contributed by atoms with Crippen LogP contribution in [0, 0.1) is 11.6 Å². The molecule has 0 aliphatic heterocycles. The van der Waals surface area contributed by atoms with E-state index >= 15 is 0 Å². The van der Waals surface area contributed by atoms with E-state index in [0.717, 1.165) is 36.4 Å². The summed E-state index contributed by atoms with van der Waals surface area (Å²) in [5, 5.41) is 17.6. The highest BCUT2D eigenvalue weighted by Crippen LogP contribution is 2.17. The molecule has 2 N–H and O–H groups in total. The van der Waals surface area contributed by atoms with Gasteiger partial charge in [0.25, 0.3) is 0 Å². The molecule has 5 nitrogen and oxygen atoms in total. The lowest BCUT2D eigenvalue weighted by atomic mass is 9.99. The van der Waals surface area contributed by atoms with Gasteiger partial charge in [-0.05, 0) is 36.4 Å². The summed E-state index contributed by atoms with van der Waals surface area (Å²) in [6.07, 6.45) is 0. The fraction of sp³-hybridized carbons (Fsp3) is 0. The van der Waals surface area contributed by atoms with Gasteiger partial charge in [0.15, 0.2) is 5.78 Å². The highest BCUT2D eigenvalue weighted by molar-refractivity contribution is 6.10. The van der Waals surface area contributed by atoms with E-state index in [-0.39, 0.29) is 11.1 Å². The molecule has 0 aliphatic rings. The Hall–Kier alpha value is -3.09. The number of carbonyl (C=O) groups is 3. The fourth-order valence-electron chi connectivity index (χ4n) is 1.83. The minimum atomic E-state index is -1.54. The summed E-state index contributed by atoms with van der Waals surface area (Å²) in [6, 6.07) is 5.44. The molecule has 0 spiro atoms. The number of rotatable bonds is 4. The van der Waals surface area contributed by atoms with Crippen LogP contribution in [0.3, 0.4) is 0 Å². The van der Waals surface area contributed by atoms with Crippen LogP contribution in [0.5, 0.6) is 0 Å². The molecular weight excluding hydrogens is 298 g/mol. The van der Waals surface area contributed by atoms with Crippen molar-refractivity contribution in [3.8, 4) is 0 Å². The van der Waals surface area contributed by atoms with Gasteiger partial charge in [0.05, 0.1) is 11.1 Å². The molecule has 0 saturated heterocycles. The van der Waals surface area contributed by atoms with Gasteiger partial charge in [-0.1, -0.05) is 0 Å². The zero-order chi connectivity index (χ0) is 16.4. The third kappa shape index (κ3) is 2.83. The van der Waals surface area contributed by atoms with Crippen molar-refractivity contribution in [1.82, 2.24) is 0 Å². The van der Waals surface area contributed by atoms with E-state index < -0.39 is 40.5 Å². The number of hydrogen-bond acceptors (Lipinski definition) is 3. The fourth-order valence-corrected chi connectivity index (χ4v) is 1.83. The lowest BCUT2D eigenvalue weighted by molar-refractivity contribution is 0.0680. The largest absolute Gasteiger partial charge is 0.478 e. The number of aromatic carboxylic acids is 2. The smallest absolute Gasteiger partial charge is 0.338 e. The second-order valence-electron chi connectivity index (χ2n) is 4.33. The van der Waals surface area contributed by atoms with Gasteiger partial charge >= 0.3 is 11.9 Å². The first-order chi connectivity index (χ1) is 10.3. The molecule has 0 amide bonds. The molecule has 0 heterocycles. The van der Waals surface area contributed by atoms with E-state index in [0.29, 0.717) is 0 Å². The van der Waals surface area contributed by atoms with Crippen LogP contribution in [0.4, 0.5) is 8.78 Å². The molecule has 0 aliphatic carbocycles. The van der Waals surface area contributed by atoms with Crippen LogP contribution in [0.25, 0.3) is 0 Å². The van der Waals surface area contributed by atoms with Crippen LogP contribution in [0.15, 0.2) is 36.4 Å². The summed E-state index contributed by atoms with van der Waals surface area (Å²) in [7, 11) is 0. The van der Waals surface area contributed by atoms with E-state index in [4.69, 9.17) is 10.2 Å². The summed E-state index contributed by atoms with van der Waals surface area (Å²) in [6.45, 7) is 0. The Morgan fingerprint density at radius 2 is 1.09 bits per heavy atom. The predicted molar refractivity (Wildman–Crippen MR) is 70.2 cm³/mol. The highest BCUT2D eigenvalue weighted by Gasteiger charge is 2.18. The van der Waals surface area contributed by atoms with Gasteiger partial charge in [-0.15, -0.1) is 0 Å². The maximum absolute atomic E-state index is 13.3. The molecule has 2 aromatic rings. The molecule has 0 aromatic heterocycles. The first-order valence-electron chi connectivity index (χ1n) is 5.91. The topological polar surface area (TPSA) is 91.7 Å². The maximum atomic E-state index is 13.3. The Balaban J connectivity index is 2.49. The van der Waals surface area contributed by atoms with Crippen molar-refractivity contribution in [2.75, 3.05) is 0 Å². The number of ketones is 1. The van der Waals surface area contributed by atoms with Gasteiger partial charge in [-0.25, -0.2) is 18.4 Å². The van der Waals surface area contributed by atoms with Crippen molar-refractivity contribution >= 4 is 17.7 Å². The van der Waals surface area contributed by atoms with E-state index in [2.05, 4.69) is 0 Å². The van der Waals surface area contributed by atoms with Crippen LogP contribution in [0.2, 0.25) is 0 Å². The zero-order valence-electron chi connectivity index (χ0n) is 10.8. The Morgan fingerprint density at radius 1 is 0.727 bits per heavy atom. The number of benzene rings is 2. The summed E-state index contributed by atoms with van der Waals surface area (Å²) >= 11 is 0. The van der Waals surface area contributed by atoms with Crippen LogP contribution >= 0.6 is 0 Å². The van der Waals surface area contributed by atoms with Gasteiger partial charge < -0.3 is 10.2 Å². The molecule has 22 heavy (non-hydrogen) atoms. The molecule has 7 heteroatoms. The van der Waals surface area contributed by atoms with Crippen LogP contribution in [-0.4, -0.2) is 27.9 Å². The average molecular weight is 306 g/mol. The van der Waals surface area contributed by atoms with Gasteiger partial charge in [0, 0.05) is 11.1 Å². The Morgan fingerprint density at radius 3 is 1.41 bits per heavy atom. The van der Waals surface area contributed by atoms with Crippen molar-refractivity contribution in [1.29, 1.82) is 0 Å². The number of hydrogen-bond donors (Lipinski definition) is 2. The van der Waals surface area contributed by atoms with Gasteiger partial charge in [0.2, 0.25) is 0 Å². The molecule has 0 fully saturated rings. The maximum Gasteiger partial charge on any atom is 0.338 e. The lowest BCUT2D eigenvalue weighted by Crippen LogP contribution is -2.09. The number of carboxylic acid groups (broad SMARTS) is 2. The SMILES string of the molecule is O=C(c1ccc(F)c(C(=O)O)c1)c1ccc(F)c(C(=O)O)c1. The first-order valence-corrected chi connectivity index (χ1v) is 5.91. The van der Waals surface area contributed by atoms with Crippen molar-refractivity contribution in [3.63, 3.8) is 0 Å². The minimum absolute atomic E-state index is 0.151. The predicted octanol–water partition coefficient (Wildman–Crippen LogP) is 2.59. The highest BCUT2D eigenvalue weighted by atomic mass is 19.1. The summed E-state index contributed by atoms with van der Waals surface area (Å²) < 4.78 is 26.6. The monoisotopic (exact) mass is 306 g/mol. The molecule has 112 valence electrons. The number of carbonyl (C=O) groups excluding carboxylic acids is 1. The molecular formula is C15H8F2O5. The molecule has 0 saturated carbocycles. The van der Waals surface area contributed by atoms with Gasteiger partial charge in [-0.3, -0.25) is 4.79 Å². The Labute approximate surface area is 122 Å². The average Bonchev–Trinajstić information content (AvgIpc) is 2.47. The summed E-state index contributed by atoms with van der Waals surface area (Å²) in [5.41, 5.74) is -1.68. The molecule has 2 rings (SSSR count). The lowest BCUT2D eigenvalue weighted by Gasteiger charge is -2.05. The third-order valence-electron chi connectivity index (χ3n) is 2.92. The van der Waals surface area contributed by atoms with Crippen molar-refractivity contribution in [2.24, 2.45) is 0 Å². The first kappa shape index (κ1) is 15.3. The van der Waals surface area contributed by atoms with Crippen LogP contribution in [-0.2, 0) is 0 Å². The summed E-state index contributed by atoms with van der Waals surface area (Å²) in [5.74, 6) is -5.84. The van der Waals surface area contributed by atoms with Crippen molar-refractivity contribution in [3.05, 3.63) is 70.3 Å². The van der Waals surface area contributed by atoms with Crippen molar-refractivity contribution in [2.45, 2.75) is 0 Å². The second-order valence-corrected chi connectivity index (χ2v) is 4.33. The van der Waals surface area contributed by atoms with E-state index in [1.807, 2.05) is 0 Å². The van der Waals surface area contributed by atoms with Crippen molar-refractivity contribution < 1.29 is 33.4 Å². The molecule has 0 atom stereocenters. The van der Waals surface area contributed by atoms with Crippen LogP contribution < -0.4 is 0 Å². The quantitative estimate of drug-likeness (QED) is 0.847. The van der Waals surface area contributed by atoms with Crippen LogP contribution in [0.1, 0.15) is 36.6 Å². The van der Waals surface area contributed by atoms with E-state index in [1.165, 1.54) is 0 Å². The molecule has 2 aromatic carbocycles. The minimum Gasteiger partial charge on any atom is -0.478 e. The molecule has 0 radical (unpaired) electrons. The van der Waals surface area contributed by atoms with Gasteiger partial charge in [0.1, 0.15) is 11.6 Å².